The number of hydrogen-bond donors (Lipinski definition) is 0. The van der Waals surface area contributed by atoms with Crippen LogP contribution in [0.15, 0.2) is 85.3 Å². The van der Waals surface area contributed by atoms with Gasteiger partial charge in [-0.2, -0.15) is 0 Å². The van der Waals surface area contributed by atoms with E-state index >= 15 is 0 Å². The van der Waals surface area contributed by atoms with Crippen molar-refractivity contribution in [3.63, 3.8) is 0 Å². The Morgan fingerprint density at radius 1 is 0.872 bits per heavy atom. The van der Waals surface area contributed by atoms with Crippen molar-refractivity contribution in [2.24, 2.45) is 0 Å². The van der Waals surface area contributed by atoms with E-state index in [0.29, 0.717) is 21.9 Å². The number of aromatic nitrogens is 3. The Balaban J connectivity index is 1.28. The fraction of sp³-hybridized carbons (Fsp3) is 0.219. The first kappa shape index (κ1) is 25.6. The van der Waals surface area contributed by atoms with Crippen LogP contribution in [0.25, 0.3) is 44.5 Å². The maximum Gasteiger partial charge on any atom is 0.160 e. The first-order valence-corrected chi connectivity index (χ1v) is 13.6. The van der Waals surface area contributed by atoms with Gasteiger partial charge in [0.25, 0.3) is 0 Å². The molecule has 0 amide bonds. The van der Waals surface area contributed by atoms with Gasteiger partial charge < -0.3 is 4.74 Å². The summed E-state index contributed by atoms with van der Waals surface area (Å²) in [6.07, 6.45) is 7.57. The molecule has 39 heavy (non-hydrogen) atoms. The molecule has 5 nitrogen and oxygen atoms in total. The van der Waals surface area contributed by atoms with E-state index in [1.807, 2.05) is 30.6 Å². The number of nitrogens with zero attached hydrogens (tertiary/aromatic N) is 4. The van der Waals surface area contributed by atoms with Crippen LogP contribution in [0.4, 0.5) is 4.39 Å². The molecule has 5 aromatic rings. The summed E-state index contributed by atoms with van der Waals surface area (Å²) in [5.74, 6) is -0.384. The van der Waals surface area contributed by atoms with Crippen molar-refractivity contribution < 1.29 is 9.13 Å². The molecular formula is C32H28ClFN4O. The molecule has 0 aliphatic carbocycles. The van der Waals surface area contributed by atoms with Crippen LogP contribution in [0.2, 0.25) is 5.02 Å². The van der Waals surface area contributed by atoms with Crippen LogP contribution in [-0.4, -0.2) is 52.7 Å². The molecule has 7 heteroatoms. The minimum Gasteiger partial charge on any atom is -0.379 e. The summed E-state index contributed by atoms with van der Waals surface area (Å²) in [5, 5.41) is 1.32. The highest BCUT2D eigenvalue weighted by atomic mass is 35.5. The molecule has 3 aromatic heterocycles. The summed E-state index contributed by atoms with van der Waals surface area (Å²) in [6.45, 7) is 4.84. The lowest BCUT2D eigenvalue weighted by Crippen LogP contribution is -2.36. The van der Waals surface area contributed by atoms with Gasteiger partial charge in [0.2, 0.25) is 0 Å². The molecule has 6 rings (SSSR count). The Morgan fingerprint density at radius 2 is 1.69 bits per heavy atom. The predicted octanol–water partition coefficient (Wildman–Crippen LogP) is 7.08. The average Bonchev–Trinajstić information content (AvgIpc) is 2.99. The Morgan fingerprint density at radius 3 is 2.54 bits per heavy atom. The predicted molar refractivity (Wildman–Crippen MR) is 154 cm³/mol. The van der Waals surface area contributed by atoms with Gasteiger partial charge >= 0.3 is 0 Å². The van der Waals surface area contributed by atoms with Crippen molar-refractivity contribution in [3.05, 3.63) is 102 Å². The third kappa shape index (κ3) is 5.83. The van der Waals surface area contributed by atoms with Crippen molar-refractivity contribution >= 4 is 22.6 Å². The van der Waals surface area contributed by atoms with Crippen LogP contribution < -0.4 is 0 Å². The van der Waals surface area contributed by atoms with Crippen LogP contribution in [0.5, 0.6) is 0 Å². The zero-order valence-corrected chi connectivity index (χ0v) is 22.2. The molecule has 1 saturated heterocycles. The van der Waals surface area contributed by atoms with Crippen LogP contribution in [-0.2, 0) is 11.2 Å². The number of aryl methyl sites for hydroxylation is 1. The van der Waals surface area contributed by atoms with E-state index in [0.717, 1.165) is 73.3 Å². The Bertz CT molecular complexity index is 1600. The normalized spacial score (nSPS) is 14.1. The van der Waals surface area contributed by atoms with Crippen LogP contribution >= 0.6 is 11.6 Å². The van der Waals surface area contributed by atoms with Crippen molar-refractivity contribution in [2.75, 3.05) is 32.8 Å². The molecule has 196 valence electrons. The topological polar surface area (TPSA) is 51.1 Å². The van der Waals surface area contributed by atoms with Crippen LogP contribution in [0, 0.1) is 5.82 Å². The number of fused-ring (bicyclic) bond motifs is 1. The number of benzene rings is 2. The SMILES string of the molecule is Fc1ccc(Cl)cc1-c1cc(-c2cncc(-c3ccc(CCCN4CCOCC4)cc3)c2)c2cccnc2n1. The first-order valence-electron chi connectivity index (χ1n) is 13.2. The van der Waals surface area contributed by atoms with E-state index in [1.165, 1.54) is 17.7 Å². The van der Waals surface area contributed by atoms with Crippen molar-refractivity contribution in [2.45, 2.75) is 12.8 Å². The number of rotatable bonds is 7. The van der Waals surface area contributed by atoms with E-state index in [2.05, 4.69) is 50.2 Å². The fourth-order valence-electron chi connectivity index (χ4n) is 5.07. The first-order chi connectivity index (χ1) is 19.1. The Kier molecular flexibility index (Phi) is 7.59. The van der Waals surface area contributed by atoms with Gasteiger partial charge in [0, 0.05) is 58.8 Å². The summed E-state index contributed by atoms with van der Waals surface area (Å²) in [6, 6.07) is 21.0. The molecule has 0 bridgehead atoms. The molecule has 1 fully saturated rings. The van der Waals surface area contributed by atoms with E-state index in [1.54, 1.807) is 12.3 Å². The average molecular weight is 539 g/mol. The molecule has 0 radical (unpaired) electrons. The van der Waals surface area contributed by atoms with Crippen molar-refractivity contribution in [1.82, 2.24) is 19.9 Å². The molecular weight excluding hydrogens is 511 g/mol. The molecule has 1 aliphatic heterocycles. The smallest absolute Gasteiger partial charge is 0.160 e. The second-order valence-corrected chi connectivity index (χ2v) is 10.2. The van der Waals surface area contributed by atoms with Crippen LogP contribution in [0.1, 0.15) is 12.0 Å². The van der Waals surface area contributed by atoms with E-state index in [4.69, 9.17) is 16.3 Å². The summed E-state index contributed by atoms with van der Waals surface area (Å²) in [4.78, 5) is 16.1. The van der Waals surface area contributed by atoms with Gasteiger partial charge in [-0.05, 0) is 78.5 Å². The lowest BCUT2D eigenvalue weighted by Gasteiger charge is -2.26. The highest BCUT2D eigenvalue weighted by Gasteiger charge is 2.15. The molecule has 0 saturated carbocycles. The lowest BCUT2D eigenvalue weighted by molar-refractivity contribution is 0.0375. The number of halogens is 2. The quantitative estimate of drug-likeness (QED) is 0.221. The zero-order chi connectivity index (χ0) is 26.6. The minimum absolute atomic E-state index is 0.338. The number of morpholine rings is 1. The molecule has 0 atom stereocenters. The van der Waals surface area contributed by atoms with E-state index in [-0.39, 0.29) is 5.82 Å². The van der Waals surface area contributed by atoms with Gasteiger partial charge in [0.1, 0.15) is 5.82 Å². The summed E-state index contributed by atoms with van der Waals surface area (Å²) in [5.41, 5.74) is 6.58. The van der Waals surface area contributed by atoms with Gasteiger partial charge in [-0.1, -0.05) is 35.9 Å². The Hall–Kier alpha value is -3.71. The largest absolute Gasteiger partial charge is 0.379 e. The molecule has 0 unspecified atom stereocenters. The second kappa shape index (κ2) is 11.6. The van der Waals surface area contributed by atoms with Gasteiger partial charge in [0.05, 0.1) is 18.9 Å². The molecule has 0 N–H and O–H groups in total. The van der Waals surface area contributed by atoms with E-state index < -0.39 is 0 Å². The summed E-state index contributed by atoms with van der Waals surface area (Å²) < 4.78 is 20.2. The maximum atomic E-state index is 14.7. The molecule has 2 aromatic carbocycles. The summed E-state index contributed by atoms with van der Waals surface area (Å²) >= 11 is 6.18. The number of hydrogen-bond acceptors (Lipinski definition) is 5. The van der Waals surface area contributed by atoms with Crippen molar-refractivity contribution in [3.8, 4) is 33.5 Å². The van der Waals surface area contributed by atoms with Crippen molar-refractivity contribution in [1.29, 1.82) is 0 Å². The lowest BCUT2D eigenvalue weighted by atomic mass is 9.97. The highest BCUT2D eigenvalue weighted by Crippen LogP contribution is 2.34. The standard InChI is InChI=1S/C32H28ClFN4O/c33-26-9-10-30(34)29(18-26)31-19-28(27-4-1-11-36-32(27)37-31)25-17-24(20-35-21-25)23-7-5-22(6-8-23)3-2-12-38-13-15-39-16-14-38/h1,4-11,17-21H,2-3,12-16H2. The highest BCUT2D eigenvalue weighted by molar-refractivity contribution is 6.30. The molecule has 0 spiro atoms. The van der Waals surface area contributed by atoms with Crippen LogP contribution in [0.3, 0.4) is 0 Å². The monoisotopic (exact) mass is 538 g/mol. The molecule has 4 heterocycles. The maximum absolute atomic E-state index is 14.7. The van der Waals surface area contributed by atoms with Gasteiger partial charge in [-0.3, -0.25) is 9.88 Å². The van der Waals surface area contributed by atoms with Gasteiger partial charge in [0.15, 0.2) is 5.65 Å². The van der Waals surface area contributed by atoms with Gasteiger partial charge in [-0.25, -0.2) is 14.4 Å². The van der Waals surface area contributed by atoms with E-state index in [9.17, 15) is 4.39 Å². The summed E-state index contributed by atoms with van der Waals surface area (Å²) in [7, 11) is 0. The number of pyridine rings is 3. The Labute approximate surface area is 232 Å². The van der Waals surface area contributed by atoms with Gasteiger partial charge in [-0.15, -0.1) is 0 Å². The minimum atomic E-state index is -0.384. The fourth-order valence-corrected chi connectivity index (χ4v) is 5.24. The third-order valence-electron chi connectivity index (χ3n) is 7.17. The number of ether oxygens (including phenoxy) is 1. The second-order valence-electron chi connectivity index (χ2n) is 9.77. The zero-order valence-electron chi connectivity index (χ0n) is 21.5. The molecule has 1 aliphatic rings. The third-order valence-corrected chi connectivity index (χ3v) is 7.40.